The summed E-state index contributed by atoms with van der Waals surface area (Å²) in [4.78, 5) is 14.7. The third-order valence-electron chi connectivity index (χ3n) is 4.90. The summed E-state index contributed by atoms with van der Waals surface area (Å²) in [6.45, 7) is 1.57. The maximum Gasteiger partial charge on any atom is 0.254 e. The normalized spacial score (nSPS) is 16.6. The van der Waals surface area contributed by atoms with Crippen molar-refractivity contribution in [1.29, 1.82) is 0 Å². The number of ether oxygens (including phenoxy) is 2. The van der Waals surface area contributed by atoms with Crippen LogP contribution in [-0.2, 0) is 13.0 Å². The fourth-order valence-corrected chi connectivity index (χ4v) is 3.52. The first-order valence-corrected chi connectivity index (χ1v) is 8.84. The Morgan fingerprint density at radius 3 is 2.62 bits per heavy atom. The molecule has 1 N–H and O–H groups in total. The minimum Gasteiger partial charge on any atom is -0.493 e. The zero-order valence-corrected chi connectivity index (χ0v) is 15.3. The predicted octanol–water partition coefficient (Wildman–Crippen LogP) is 2.90. The van der Waals surface area contributed by atoms with Crippen LogP contribution in [0.2, 0.25) is 0 Å². The number of methoxy groups -OCH3 is 2. The Hall–Kier alpha value is -2.53. The summed E-state index contributed by atoms with van der Waals surface area (Å²) in [6, 6.07) is 13.3. The Balaban J connectivity index is 1.65. The molecule has 0 aliphatic carbocycles. The predicted molar refractivity (Wildman–Crippen MR) is 99.6 cm³/mol. The van der Waals surface area contributed by atoms with E-state index in [1.165, 1.54) is 5.56 Å². The SMILES string of the molecule is COc1ccc(C(=O)N2CC[C@H](Cc3cccc(CO)c3)C2)cc1OC. The second-order valence-electron chi connectivity index (χ2n) is 6.66. The summed E-state index contributed by atoms with van der Waals surface area (Å²) in [5, 5.41) is 9.27. The minimum absolute atomic E-state index is 0.0255. The first-order valence-electron chi connectivity index (χ1n) is 8.84. The van der Waals surface area contributed by atoms with Gasteiger partial charge in [0.15, 0.2) is 11.5 Å². The molecule has 26 heavy (non-hydrogen) atoms. The van der Waals surface area contributed by atoms with E-state index < -0.39 is 0 Å². The smallest absolute Gasteiger partial charge is 0.254 e. The van der Waals surface area contributed by atoms with Crippen molar-refractivity contribution in [3.05, 3.63) is 59.2 Å². The number of nitrogens with zero attached hydrogens (tertiary/aromatic N) is 1. The van der Waals surface area contributed by atoms with Crippen molar-refractivity contribution in [2.24, 2.45) is 5.92 Å². The molecule has 0 unspecified atom stereocenters. The van der Waals surface area contributed by atoms with Gasteiger partial charge in [0.1, 0.15) is 0 Å². The van der Waals surface area contributed by atoms with Gasteiger partial charge in [-0.2, -0.15) is 0 Å². The number of benzene rings is 2. The number of rotatable bonds is 6. The van der Waals surface area contributed by atoms with Gasteiger partial charge in [0.25, 0.3) is 5.91 Å². The van der Waals surface area contributed by atoms with Gasteiger partial charge in [-0.1, -0.05) is 24.3 Å². The lowest BCUT2D eigenvalue weighted by Gasteiger charge is -2.18. The molecule has 1 aliphatic heterocycles. The van der Waals surface area contributed by atoms with Gasteiger partial charge in [-0.25, -0.2) is 0 Å². The molecule has 2 aromatic carbocycles. The third-order valence-corrected chi connectivity index (χ3v) is 4.90. The summed E-state index contributed by atoms with van der Waals surface area (Å²) >= 11 is 0. The number of hydrogen-bond acceptors (Lipinski definition) is 4. The quantitative estimate of drug-likeness (QED) is 0.866. The van der Waals surface area contributed by atoms with Crippen LogP contribution in [0.15, 0.2) is 42.5 Å². The Bertz CT molecular complexity index is 774. The average Bonchev–Trinajstić information content (AvgIpc) is 3.15. The Morgan fingerprint density at radius 2 is 1.88 bits per heavy atom. The molecule has 0 radical (unpaired) electrons. The van der Waals surface area contributed by atoms with Gasteiger partial charge in [-0.15, -0.1) is 0 Å². The van der Waals surface area contributed by atoms with Crippen molar-refractivity contribution in [2.75, 3.05) is 27.3 Å². The molecule has 1 aliphatic rings. The number of likely N-dealkylation sites (tertiary alicyclic amines) is 1. The molecule has 0 aromatic heterocycles. The van der Waals surface area contributed by atoms with E-state index in [2.05, 4.69) is 6.07 Å². The second-order valence-corrected chi connectivity index (χ2v) is 6.66. The lowest BCUT2D eigenvalue weighted by molar-refractivity contribution is 0.0786. The fourth-order valence-electron chi connectivity index (χ4n) is 3.52. The molecule has 5 heteroatoms. The highest BCUT2D eigenvalue weighted by Crippen LogP contribution is 2.29. The van der Waals surface area contributed by atoms with E-state index in [9.17, 15) is 9.90 Å². The highest BCUT2D eigenvalue weighted by Gasteiger charge is 2.27. The molecule has 0 bridgehead atoms. The lowest BCUT2D eigenvalue weighted by Crippen LogP contribution is -2.29. The van der Waals surface area contributed by atoms with E-state index in [1.54, 1.807) is 32.4 Å². The van der Waals surface area contributed by atoms with E-state index >= 15 is 0 Å². The van der Waals surface area contributed by atoms with Crippen molar-refractivity contribution in [2.45, 2.75) is 19.4 Å². The van der Waals surface area contributed by atoms with Crippen LogP contribution in [0.25, 0.3) is 0 Å². The second kappa shape index (κ2) is 8.23. The zero-order valence-electron chi connectivity index (χ0n) is 15.3. The average molecular weight is 355 g/mol. The Morgan fingerprint density at radius 1 is 1.12 bits per heavy atom. The first kappa shape index (κ1) is 18.3. The Kier molecular flexibility index (Phi) is 5.78. The maximum absolute atomic E-state index is 12.8. The molecule has 1 atom stereocenters. The Labute approximate surface area is 154 Å². The summed E-state index contributed by atoms with van der Waals surface area (Å²) < 4.78 is 10.5. The van der Waals surface area contributed by atoms with E-state index in [-0.39, 0.29) is 12.5 Å². The molecule has 1 heterocycles. The maximum atomic E-state index is 12.8. The van der Waals surface area contributed by atoms with E-state index in [1.807, 2.05) is 23.1 Å². The van der Waals surface area contributed by atoms with Gasteiger partial charge in [0.05, 0.1) is 20.8 Å². The topological polar surface area (TPSA) is 59.0 Å². The molecule has 138 valence electrons. The van der Waals surface area contributed by atoms with Crippen LogP contribution in [0.5, 0.6) is 11.5 Å². The molecule has 0 saturated carbocycles. The van der Waals surface area contributed by atoms with Crippen molar-refractivity contribution >= 4 is 5.91 Å². The van der Waals surface area contributed by atoms with Crippen LogP contribution in [0, 0.1) is 5.92 Å². The van der Waals surface area contributed by atoms with Crippen molar-refractivity contribution < 1.29 is 19.4 Å². The molecule has 2 aromatic rings. The molecule has 3 rings (SSSR count). The van der Waals surface area contributed by atoms with Gasteiger partial charge < -0.3 is 19.5 Å². The van der Waals surface area contributed by atoms with Crippen LogP contribution >= 0.6 is 0 Å². The fraction of sp³-hybridized carbons (Fsp3) is 0.381. The molecule has 1 saturated heterocycles. The molecule has 0 spiro atoms. The van der Waals surface area contributed by atoms with E-state index in [0.717, 1.165) is 31.5 Å². The number of amides is 1. The first-order chi connectivity index (χ1) is 12.6. The van der Waals surface area contributed by atoms with Gasteiger partial charge in [0, 0.05) is 18.7 Å². The van der Waals surface area contributed by atoms with Gasteiger partial charge in [-0.3, -0.25) is 4.79 Å². The number of aliphatic hydroxyl groups is 1. The minimum atomic E-state index is 0.0255. The molecular weight excluding hydrogens is 330 g/mol. The standard InChI is InChI=1S/C21H25NO4/c1-25-19-7-6-18(12-20(19)26-2)21(24)22-9-8-16(13-22)10-15-4-3-5-17(11-15)14-23/h3-7,11-12,16,23H,8-10,13-14H2,1-2H3/t16-/m1/s1. The summed E-state index contributed by atoms with van der Waals surface area (Å²) in [5.41, 5.74) is 2.76. The summed E-state index contributed by atoms with van der Waals surface area (Å²) in [6.07, 6.45) is 1.91. The van der Waals surface area contributed by atoms with Crippen LogP contribution in [0.1, 0.15) is 27.9 Å². The van der Waals surface area contributed by atoms with Crippen LogP contribution in [0.3, 0.4) is 0 Å². The van der Waals surface area contributed by atoms with Gasteiger partial charge >= 0.3 is 0 Å². The number of aliphatic hydroxyl groups excluding tert-OH is 1. The summed E-state index contributed by atoms with van der Waals surface area (Å²) in [5.74, 6) is 1.65. The van der Waals surface area contributed by atoms with Gasteiger partial charge in [-0.05, 0) is 48.1 Å². The highest BCUT2D eigenvalue weighted by molar-refractivity contribution is 5.95. The largest absolute Gasteiger partial charge is 0.493 e. The van der Waals surface area contributed by atoms with Gasteiger partial charge in [0.2, 0.25) is 0 Å². The molecule has 5 nitrogen and oxygen atoms in total. The van der Waals surface area contributed by atoms with E-state index in [4.69, 9.17) is 9.47 Å². The van der Waals surface area contributed by atoms with Crippen molar-refractivity contribution in [3.8, 4) is 11.5 Å². The highest BCUT2D eigenvalue weighted by atomic mass is 16.5. The lowest BCUT2D eigenvalue weighted by atomic mass is 9.97. The monoisotopic (exact) mass is 355 g/mol. The number of carbonyl (C=O) groups excluding carboxylic acids is 1. The zero-order chi connectivity index (χ0) is 18.5. The molecular formula is C21H25NO4. The molecule has 1 fully saturated rings. The van der Waals surface area contributed by atoms with E-state index in [0.29, 0.717) is 23.0 Å². The molecule has 1 amide bonds. The van der Waals surface area contributed by atoms with Crippen molar-refractivity contribution in [3.63, 3.8) is 0 Å². The third kappa shape index (κ3) is 3.99. The number of hydrogen-bond donors (Lipinski definition) is 1. The van der Waals surface area contributed by atoms with Crippen LogP contribution < -0.4 is 9.47 Å². The summed E-state index contributed by atoms with van der Waals surface area (Å²) in [7, 11) is 3.15. The van der Waals surface area contributed by atoms with Crippen LogP contribution in [-0.4, -0.2) is 43.2 Å². The number of carbonyl (C=O) groups is 1. The van der Waals surface area contributed by atoms with Crippen molar-refractivity contribution in [1.82, 2.24) is 4.90 Å². The van der Waals surface area contributed by atoms with Crippen LogP contribution in [0.4, 0.5) is 0 Å².